The van der Waals surface area contributed by atoms with Gasteiger partial charge < -0.3 is 19.8 Å². The molecule has 0 radical (unpaired) electrons. The normalized spacial score (nSPS) is 12.4. The molecule has 0 spiro atoms. The molecule has 1 aromatic carbocycles. The second-order valence-electron chi connectivity index (χ2n) is 5.22. The van der Waals surface area contributed by atoms with Gasteiger partial charge >= 0.3 is 0 Å². The van der Waals surface area contributed by atoms with Crippen LogP contribution in [0.4, 0.5) is 0 Å². The Morgan fingerprint density at radius 1 is 1.24 bits per heavy atom. The summed E-state index contributed by atoms with van der Waals surface area (Å²) in [6, 6.07) is 6.22. The lowest BCUT2D eigenvalue weighted by molar-refractivity contribution is 0.230. The molecule has 1 unspecified atom stereocenters. The highest BCUT2D eigenvalue weighted by Gasteiger charge is 2.11. The SMILES string of the molecule is COc1cc(C(C)NCc2ncc[nH]2)ccc1OC(C)C. The first-order valence-electron chi connectivity index (χ1n) is 7.16. The second-order valence-corrected chi connectivity index (χ2v) is 5.22. The van der Waals surface area contributed by atoms with Gasteiger partial charge in [0.05, 0.1) is 19.8 Å². The first-order chi connectivity index (χ1) is 10.1. The lowest BCUT2D eigenvalue weighted by atomic mass is 10.1. The molecule has 5 heteroatoms. The Hall–Kier alpha value is -2.01. The van der Waals surface area contributed by atoms with Gasteiger partial charge in [-0.2, -0.15) is 0 Å². The van der Waals surface area contributed by atoms with E-state index >= 15 is 0 Å². The fourth-order valence-electron chi connectivity index (χ4n) is 2.07. The second kappa shape index (κ2) is 7.13. The van der Waals surface area contributed by atoms with E-state index < -0.39 is 0 Å². The van der Waals surface area contributed by atoms with Crippen molar-refractivity contribution in [3.8, 4) is 11.5 Å². The summed E-state index contributed by atoms with van der Waals surface area (Å²) < 4.78 is 11.1. The van der Waals surface area contributed by atoms with Crippen LogP contribution >= 0.6 is 0 Å². The fourth-order valence-corrected chi connectivity index (χ4v) is 2.07. The number of benzene rings is 1. The number of imidazole rings is 1. The average molecular weight is 289 g/mol. The maximum atomic E-state index is 5.73. The molecule has 0 aliphatic carbocycles. The number of methoxy groups -OCH3 is 1. The van der Waals surface area contributed by atoms with Crippen LogP contribution in [0, 0.1) is 0 Å². The molecule has 0 saturated heterocycles. The number of hydrogen-bond acceptors (Lipinski definition) is 4. The standard InChI is InChI=1S/C16H23N3O2/c1-11(2)21-14-6-5-13(9-15(14)20-4)12(3)19-10-16-17-7-8-18-16/h5-9,11-12,19H,10H2,1-4H3,(H,17,18). The van der Waals surface area contributed by atoms with Gasteiger partial charge in [0, 0.05) is 18.4 Å². The van der Waals surface area contributed by atoms with E-state index in [2.05, 4.69) is 28.3 Å². The maximum absolute atomic E-state index is 5.73. The minimum absolute atomic E-state index is 0.124. The van der Waals surface area contributed by atoms with Gasteiger partial charge in [0.25, 0.3) is 0 Å². The number of nitrogens with one attached hydrogen (secondary N) is 2. The van der Waals surface area contributed by atoms with Gasteiger partial charge in [0.15, 0.2) is 11.5 Å². The number of aromatic amines is 1. The highest BCUT2D eigenvalue weighted by Crippen LogP contribution is 2.31. The van der Waals surface area contributed by atoms with E-state index in [1.165, 1.54) is 0 Å². The highest BCUT2D eigenvalue weighted by atomic mass is 16.5. The number of aromatic nitrogens is 2. The Labute approximate surface area is 125 Å². The van der Waals surface area contributed by atoms with E-state index in [4.69, 9.17) is 9.47 Å². The zero-order valence-corrected chi connectivity index (χ0v) is 13.0. The first kappa shape index (κ1) is 15.4. The van der Waals surface area contributed by atoms with Gasteiger partial charge in [-0.05, 0) is 38.5 Å². The Bertz CT molecular complexity index is 553. The number of ether oxygens (including phenoxy) is 2. The van der Waals surface area contributed by atoms with Crippen molar-refractivity contribution in [3.63, 3.8) is 0 Å². The van der Waals surface area contributed by atoms with Crippen LogP contribution in [0.25, 0.3) is 0 Å². The highest BCUT2D eigenvalue weighted by molar-refractivity contribution is 5.43. The van der Waals surface area contributed by atoms with Crippen molar-refractivity contribution >= 4 is 0 Å². The van der Waals surface area contributed by atoms with Crippen LogP contribution < -0.4 is 14.8 Å². The predicted octanol–water partition coefficient (Wildman–Crippen LogP) is 3.06. The molecule has 114 valence electrons. The van der Waals surface area contributed by atoms with Crippen LogP contribution in [0.3, 0.4) is 0 Å². The van der Waals surface area contributed by atoms with Gasteiger partial charge in [0.1, 0.15) is 5.82 Å². The largest absolute Gasteiger partial charge is 0.493 e. The number of nitrogens with zero attached hydrogens (tertiary/aromatic N) is 1. The lowest BCUT2D eigenvalue weighted by Gasteiger charge is -2.18. The Balaban J connectivity index is 2.05. The smallest absolute Gasteiger partial charge is 0.161 e. The molecule has 0 aliphatic heterocycles. The minimum atomic E-state index is 0.124. The summed E-state index contributed by atoms with van der Waals surface area (Å²) >= 11 is 0. The molecule has 1 heterocycles. The molecule has 2 aromatic rings. The van der Waals surface area contributed by atoms with Crippen LogP contribution in [0.2, 0.25) is 0 Å². The summed E-state index contributed by atoms with van der Waals surface area (Å²) in [5.41, 5.74) is 1.15. The van der Waals surface area contributed by atoms with Gasteiger partial charge in [-0.1, -0.05) is 6.07 Å². The van der Waals surface area contributed by atoms with Crippen molar-refractivity contribution in [1.29, 1.82) is 0 Å². The Kier molecular flexibility index (Phi) is 5.22. The lowest BCUT2D eigenvalue weighted by Crippen LogP contribution is -2.19. The minimum Gasteiger partial charge on any atom is -0.493 e. The van der Waals surface area contributed by atoms with E-state index in [1.54, 1.807) is 13.3 Å². The van der Waals surface area contributed by atoms with E-state index in [1.807, 2.05) is 32.2 Å². The Morgan fingerprint density at radius 2 is 2.05 bits per heavy atom. The summed E-state index contributed by atoms with van der Waals surface area (Å²) in [5, 5.41) is 3.42. The van der Waals surface area contributed by atoms with Gasteiger partial charge in [-0.25, -0.2) is 4.98 Å². The third kappa shape index (κ3) is 4.23. The molecule has 1 atom stereocenters. The van der Waals surface area contributed by atoms with E-state index in [0.29, 0.717) is 6.54 Å². The van der Waals surface area contributed by atoms with Crippen molar-refractivity contribution in [1.82, 2.24) is 15.3 Å². The zero-order chi connectivity index (χ0) is 15.2. The molecule has 0 aliphatic rings. The molecule has 2 rings (SSSR count). The zero-order valence-electron chi connectivity index (χ0n) is 13.0. The van der Waals surface area contributed by atoms with Crippen molar-refractivity contribution < 1.29 is 9.47 Å². The third-order valence-corrected chi connectivity index (χ3v) is 3.18. The number of rotatable bonds is 7. The Morgan fingerprint density at radius 3 is 2.67 bits per heavy atom. The molecule has 1 aromatic heterocycles. The quantitative estimate of drug-likeness (QED) is 0.822. The van der Waals surface area contributed by atoms with E-state index in [-0.39, 0.29) is 12.1 Å². The maximum Gasteiger partial charge on any atom is 0.161 e. The number of H-pyrrole nitrogens is 1. The topological polar surface area (TPSA) is 59.2 Å². The molecular formula is C16H23N3O2. The monoisotopic (exact) mass is 289 g/mol. The molecule has 0 bridgehead atoms. The van der Waals surface area contributed by atoms with Crippen molar-refractivity contribution in [3.05, 3.63) is 42.0 Å². The number of hydrogen-bond donors (Lipinski definition) is 2. The van der Waals surface area contributed by atoms with Crippen LogP contribution in [0.1, 0.15) is 38.2 Å². The first-order valence-corrected chi connectivity index (χ1v) is 7.16. The van der Waals surface area contributed by atoms with Crippen LogP contribution in [0.5, 0.6) is 11.5 Å². The van der Waals surface area contributed by atoms with Gasteiger partial charge in [-0.15, -0.1) is 0 Å². The molecule has 0 fully saturated rings. The van der Waals surface area contributed by atoms with Crippen molar-refractivity contribution in [2.24, 2.45) is 0 Å². The molecule has 0 amide bonds. The summed E-state index contributed by atoms with van der Waals surface area (Å²) in [7, 11) is 1.66. The summed E-state index contributed by atoms with van der Waals surface area (Å²) in [4.78, 5) is 7.28. The molecule has 0 saturated carbocycles. The summed E-state index contributed by atoms with van der Waals surface area (Å²) in [6.07, 6.45) is 3.70. The molecular weight excluding hydrogens is 266 g/mol. The molecule has 2 N–H and O–H groups in total. The van der Waals surface area contributed by atoms with Gasteiger partial charge in [0.2, 0.25) is 0 Å². The fraction of sp³-hybridized carbons (Fsp3) is 0.438. The molecule has 21 heavy (non-hydrogen) atoms. The average Bonchev–Trinajstić information content (AvgIpc) is 2.98. The van der Waals surface area contributed by atoms with Crippen molar-refractivity contribution in [2.45, 2.75) is 39.5 Å². The summed E-state index contributed by atoms with van der Waals surface area (Å²) in [5.74, 6) is 2.45. The van der Waals surface area contributed by atoms with E-state index in [0.717, 1.165) is 22.9 Å². The predicted molar refractivity (Wildman–Crippen MR) is 82.6 cm³/mol. The van der Waals surface area contributed by atoms with E-state index in [9.17, 15) is 0 Å². The molecule has 5 nitrogen and oxygen atoms in total. The van der Waals surface area contributed by atoms with Crippen LogP contribution in [-0.4, -0.2) is 23.2 Å². The van der Waals surface area contributed by atoms with Gasteiger partial charge in [-0.3, -0.25) is 0 Å². The van der Waals surface area contributed by atoms with Crippen molar-refractivity contribution in [2.75, 3.05) is 7.11 Å². The van der Waals surface area contributed by atoms with Crippen LogP contribution in [-0.2, 0) is 6.54 Å². The third-order valence-electron chi connectivity index (χ3n) is 3.18. The van der Waals surface area contributed by atoms with Crippen LogP contribution in [0.15, 0.2) is 30.6 Å². The summed E-state index contributed by atoms with van der Waals surface area (Å²) in [6.45, 7) is 6.81.